The van der Waals surface area contributed by atoms with Gasteiger partial charge in [-0.15, -0.1) is 0 Å². The van der Waals surface area contributed by atoms with E-state index in [4.69, 9.17) is 5.26 Å². The normalized spacial score (nSPS) is 13.5. The minimum absolute atomic E-state index is 0.130. The van der Waals surface area contributed by atoms with E-state index < -0.39 is 5.60 Å². The maximum Gasteiger partial charge on any atom is 0.244 e. The maximum absolute atomic E-state index is 11.8. The molecule has 0 saturated carbocycles. The third-order valence-electron chi connectivity index (χ3n) is 3.19. The Hall–Kier alpha value is -2.42. The number of nitrogens with one attached hydrogen (secondary N) is 1. The van der Waals surface area contributed by atoms with Crippen molar-refractivity contribution < 1.29 is 9.90 Å². The lowest BCUT2D eigenvalue weighted by Crippen LogP contribution is -2.37. The summed E-state index contributed by atoms with van der Waals surface area (Å²) in [5, 5.41) is 25.5. The van der Waals surface area contributed by atoms with E-state index in [0.29, 0.717) is 5.56 Å². The molecule has 0 aliphatic carbocycles. The first kappa shape index (κ1) is 16.0. The standard InChI is InChI=1S/C17H16N2O2S/c1-17(21,15-7-8-22-11-15)12-19-16(20)6-5-13-3-2-4-14(9-13)10-18/h2-9,11,21H,12H2,1H3,(H,19,20)/b6-5+/t17-/m0/s1. The van der Waals surface area contributed by atoms with E-state index in [-0.39, 0.29) is 12.5 Å². The molecule has 0 radical (unpaired) electrons. The molecule has 1 aromatic heterocycles. The number of rotatable bonds is 5. The van der Waals surface area contributed by atoms with E-state index in [1.165, 1.54) is 17.4 Å². The third kappa shape index (κ3) is 4.29. The molecule has 0 saturated heterocycles. The number of hydrogen-bond donors (Lipinski definition) is 2. The number of aliphatic hydroxyl groups is 1. The van der Waals surface area contributed by atoms with Crippen LogP contribution in [-0.2, 0) is 10.4 Å². The van der Waals surface area contributed by atoms with E-state index >= 15 is 0 Å². The molecule has 22 heavy (non-hydrogen) atoms. The number of nitriles is 1. The number of benzene rings is 1. The second-order valence-electron chi connectivity index (χ2n) is 5.07. The molecular weight excluding hydrogens is 296 g/mol. The summed E-state index contributed by atoms with van der Waals surface area (Å²) < 4.78 is 0. The van der Waals surface area contributed by atoms with Crippen molar-refractivity contribution in [3.8, 4) is 6.07 Å². The SMILES string of the molecule is C[C@](O)(CNC(=O)/C=C/c1cccc(C#N)c1)c1ccsc1. The monoisotopic (exact) mass is 312 g/mol. The van der Waals surface area contributed by atoms with Crippen molar-refractivity contribution in [2.75, 3.05) is 6.54 Å². The van der Waals surface area contributed by atoms with Crippen LogP contribution in [0.1, 0.15) is 23.6 Å². The van der Waals surface area contributed by atoms with Crippen LogP contribution >= 0.6 is 11.3 Å². The lowest BCUT2D eigenvalue weighted by molar-refractivity contribution is -0.117. The first-order valence-corrected chi connectivity index (χ1v) is 7.67. The van der Waals surface area contributed by atoms with Gasteiger partial charge in [0.15, 0.2) is 0 Å². The van der Waals surface area contributed by atoms with Crippen molar-refractivity contribution in [2.24, 2.45) is 0 Å². The molecule has 2 aromatic rings. The molecule has 1 aromatic carbocycles. The average molecular weight is 312 g/mol. The van der Waals surface area contributed by atoms with E-state index in [0.717, 1.165) is 11.1 Å². The minimum Gasteiger partial charge on any atom is -0.384 e. The van der Waals surface area contributed by atoms with Gasteiger partial charge in [-0.05, 0) is 53.1 Å². The second-order valence-corrected chi connectivity index (χ2v) is 5.85. The highest BCUT2D eigenvalue weighted by atomic mass is 32.1. The molecule has 112 valence electrons. The summed E-state index contributed by atoms with van der Waals surface area (Å²) in [6.45, 7) is 1.79. The van der Waals surface area contributed by atoms with E-state index in [1.54, 1.807) is 31.2 Å². The van der Waals surface area contributed by atoms with Crippen molar-refractivity contribution >= 4 is 23.3 Å². The van der Waals surface area contributed by atoms with Crippen molar-refractivity contribution in [3.05, 3.63) is 63.9 Å². The van der Waals surface area contributed by atoms with Gasteiger partial charge in [0.1, 0.15) is 5.60 Å². The Kier molecular flexibility index (Phi) is 5.10. The third-order valence-corrected chi connectivity index (χ3v) is 3.88. The Morgan fingerprint density at radius 2 is 2.32 bits per heavy atom. The summed E-state index contributed by atoms with van der Waals surface area (Å²) in [6, 6.07) is 10.9. The summed E-state index contributed by atoms with van der Waals surface area (Å²) in [4.78, 5) is 11.8. The van der Waals surface area contributed by atoms with Crippen LogP contribution in [0.25, 0.3) is 6.08 Å². The van der Waals surface area contributed by atoms with E-state index in [9.17, 15) is 9.90 Å². The molecule has 4 nitrogen and oxygen atoms in total. The van der Waals surface area contributed by atoms with Gasteiger partial charge in [0.05, 0.1) is 18.2 Å². The lowest BCUT2D eigenvalue weighted by Gasteiger charge is -2.22. The first-order chi connectivity index (χ1) is 10.5. The molecule has 1 amide bonds. The van der Waals surface area contributed by atoms with Crippen LogP contribution in [0, 0.1) is 11.3 Å². The van der Waals surface area contributed by atoms with Gasteiger partial charge in [-0.2, -0.15) is 16.6 Å². The fraction of sp³-hybridized carbons (Fsp3) is 0.176. The van der Waals surface area contributed by atoms with Gasteiger partial charge in [0.2, 0.25) is 5.91 Å². The van der Waals surface area contributed by atoms with Gasteiger partial charge in [0.25, 0.3) is 0 Å². The molecule has 0 spiro atoms. The number of carbonyl (C=O) groups is 1. The summed E-state index contributed by atoms with van der Waals surface area (Å²) in [7, 11) is 0. The zero-order chi connectivity index (χ0) is 16.0. The fourth-order valence-corrected chi connectivity index (χ4v) is 2.66. The Morgan fingerprint density at radius 1 is 1.50 bits per heavy atom. The molecular formula is C17H16N2O2S. The van der Waals surface area contributed by atoms with Crippen LogP contribution in [0.2, 0.25) is 0 Å². The molecule has 2 N–H and O–H groups in total. The lowest BCUT2D eigenvalue weighted by atomic mass is 9.99. The van der Waals surface area contributed by atoms with Gasteiger partial charge >= 0.3 is 0 Å². The van der Waals surface area contributed by atoms with Crippen LogP contribution in [0.5, 0.6) is 0 Å². The maximum atomic E-state index is 11.8. The number of hydrogen-bond acceptors (Lipinski definition) is 4. The van der Waals surface area contributed by atoms with Crippen molar-refractivity contribution in [1.82, 2.24) is 5.32 Å². The molecule has 0 unspecified atom stereocenters. The Bertz CT molecular complexity index is 713. The number of amides is 1. The molecule has 5 heteroatoms. The van der Waals surface area contributed by atoms with Crippen LogP contribution < -0.4 is 5.32 Å². The van der Waals surface area contributed by atoms with E-state index in [1.807, 2.05) is 29.0 Å². The average Bonchev–Trinajstić information content (AvgIpc) is 3.06. The number of thiophene rings is 1. The Labute approximate surface area is 133 Å². The Balaban J connectivity index is 1.93. The van der Waals surface area contributed by atoms with Gasteiger partial charge in [0, 0.05) is 6.08 Å². The van der Waals surface area contributed by atoms with Crippen LogP contribution in [0.3, 0.4) is 0 Å². The van der Waals surface area contributed by atoms with Gasteiger partial charge in [-0.1, -0.05) is 12.1 Å². The zero-order valence-electron chi connectivity index (χ0n) is 12.1. The van der Waals surface area contributed by atoms with Gasteiger partial charge in [-0.25, -0.2) is 0 Å². The molecule has 0 bridgehead atoms. The predicted octanol–water partition coefficient (Wildman–Crippen LogP) is 2.66. The largest absolute Gasteiger partial charge is 0.384 e. The second kappa shape index (κ2) is 7.03. The summed E-state index contributed by atoms with van der Waals surface area (Å²) >= 11 is 1.50. The minimum atomic E-state index is -1.09. The molecule has 0 aliphatic heterocycles. The summed E-state index contributed by atoms with van der Waals surface area (Å²) in [5.74, 6) is -0.294. The number of nitrogens with zero attached hydrogens (tertiary/aromatic N) is 1. The van der Waals surface area contributed by atoms with Crippen molar-refractivity contribution in [1.29, 1.82) is 5.26 Å². The first-order valence-electron chi connectivity index (χ1n) is 6.72. The van der Waals surface area contributed by atoms with E-state index in [2.05, 4.69) is 5.32 Å². The predicted molar refractivity (Wildman–Crippen MR) is 87.1 cm³/mol. The molecule has 1 atom stereocenters. The number of carbonyl (C=O) groups excluding carboxylic acids is 1. The highest BCUT2D eigenvalue weighted by Crippen LogP contribution is 2.21. The van der Waals surface area contributed by atoms with Crippen LogP contribution in [0.15, 0.2) is 47.2 Å². The molecule has 1 heterocycles. The molecule has 2 rings (SSSR count). The quantitative estimate of drug-likeness (QED) is 0.834. The fourth-order valence-electron chi connectivity index (χ4n) is 1.87. The van der Waals surface area contributed by atoms with Crippen LogP contribution in [-0.4, -0.2) is 17.6 Å². The summed E-state index contributed by atoms with van der Waals surface area (Å²) in [6.07, 6.45) is 3.02. The molecule has 0 fully saturated rings. The van der Waals surface area contributed by atoms with Gasteiger partial charge in [-0.3, -0.25) is 4.79 Å². The highest BCUT2D eigenvalue weighted by Gasteiger charge is 2.23. The zero-order valence-corrected chi connectivity index (χ0v) is 12.9. The van der Waals surface area contributed by atoms with Crippen molar-refractivity contribution in [3.63, 3.8) is 0 Å². The van der Waals surface area contributed by atoms with Crippen molar-refractivity contribution in [2.45, 2.75) is 12.5 Å². The van der Waals surface area contributed by atoms with Crippen LogP contribution in [0.4, 0.5) is 0 Å². The smallest absolute Gasteiger partial charge is 0.244 e. The molecule has 0 aliphatic rings. The van der Waals surface area contributed by atoms with Gasteiger partial charge < -0.3 is 10.4 Å². The summed E-state index contributed by atoms with van der Waals surface area (Å²) in [5.41, 5.74) is 1.01. The topological polar surface area (TPSA) is 73.1 Å². The Morgan fingerprint density at radius 3 is 3.00 bits per heavy atom. The highest BCUT2D eigenvalue weighted by molar-refractivity contribution is 7.08.